The average Bonchev–Trinajstić information content (AvgIpc) is 3.12. The first-order chi connectivity index (χ1) is 19.1. The van der Waals surface area contributed by atoms with E-state index in [2.05, 4.69) is 6.58 Å². The Morgan fingerprint density at radius 3 is 2.10 bits per heavy atom. The normalized spacial score (nSPS) is 34.3. The van der Waals surface area contributed by atoms with E-state index in [1.165, 1.54) is 20.8 Å². The van der Waals surface area contributed by atoms with Gasteiger partial charge in [0.05, 0.1) is 5.92 Å². The second-order valence-electron chi connectivity index (χ2n) is 11.9. The van der Waals surface area contributed by atoms with Crippen molar-refractivity contribution in [2.75, 3.05) is 0 Å². The molecule has 1 aromatic rings. The van der Waals surface area contributed by atoms with E-state index in [1.54, 1.807) is 45.1 Å². The fourth-order valence-electron chi connectivity index (χ4n) is 6.04. The van der Waals surface area contributed by atoms with Crippen molar-refractivity contribution in [2.45, 2.75) is 91.3 Å². The Labute approximate surface area is 241 Å². The quantitative estimate of drug-likeness (QED) is 0.312. The number of rotatable bonds is 5. The number of ether oxygens (including phenoxy) is 4. The Morgan fingerprint density at radius 1 is 0.951 bits per heavy atom. The molecule has 41 heavy (non-hydrogen) atoms. The number of carbonyl (C=O) groups is 4. The van der Waals surface area contributed by atoms with Gasteiger partial charge in [-0.3, -0.25) is 19.2 Å². The number of carbonyl (C=O) groups excluding carboxylic acids is 4. The number of hydrogen-bond donors (Lipinski definition) is 1. The molecule has 1 saturated carbocycles. The Balaban J connectivity index is 2.31. The summed E-state index contributed by atoms with van der Waals surface area (Å²) in [4.78, 5) is 50.6. The topological polar surface area (TPSA) is 125 Å². The summed E-state index contributed by atoms with van der Waals surface area (Å²) < 4.78 is 23.7. The second kappa shape index (κ2) is 12.6. The number of hydrogen-bond acceptors (Lipinski definition) is 9. The van der Waals surface area contributed by atoms with Crippen molar-refractivity contribution in [3.05, 3.63) is 54.6 Å². The van der Waals surface area contributed by atoms with E-state index in [1.807, 2.05) is 25.1 Å². The van der Waals surface area contributed by atoms with Gasteiger partial charge in [0.15, 0.2) is 0 Å². The zero-order valence-corrected chi connectivity index (χ0v) is 24.9. The lowest BCUT2D eigenvalue weighted by Crippen LogP contribution is -2.58. The van der Waals surface area contributed by atoms with Crippen LogP contribution in [0.4, 0.5) is 0 Å². The van der Waals surface area contributed by atoms with Gasteiger partial charge in [0.25, 0.3) is 0 Å². The lowest BCUT2D eigenvalue weighted by atomic mass is 9.72. The van der Waals surface area contributed by atoms with E-state index in [9.17, 15) is 24.3 Å². The minimum absolute atomic E-state index is 0.123. The van der Waals surface area contributed by atoms with Gasteiger partial charge < -0.3 is 24.1 Å². The smallest absolute Gasteiger partial charge is 0.303 e. The first-order valence-electron chi connectivity index (χ1n) is 13.9. The van der Waals surface area contributed by atoms with Crippen LogP contribution in [0.3, 0.4) is 0 Å². The molecule has 0 aromatic heterocycles. The van der Waals surface area contributed by atoms with Gasteiger partial charge in [-0.2, -0.15) is 0 Å². The van der Waals surface area contributed by atoms with Crippen molar-refractivity contribution in [1.82, 2.24) is 0 Å². The zero-order chi connectivity index (χ0) is 30.7. The fourth-order valence-corrected chi connectivity index (χ4v) is 6.04. The number of allylic oxidation sites excluding steroid dienone is 1. The predicted molar refractivity (Wildman–Crippen MR) is 151 cm³/mol. The summed E-state index contributed by atoms with van der Waals surface area (Å²) in [5, 5.41) is 12.6. The van der Waals surface area contributed by atoms with Gasteiger partial charge in [-0.1, -0.05) is 50.8 Å². The van der Waals surface area contributed by atoms with Gasteiger partial charge in [0.2, 0.25) is 0 Å². The fraction of sp³-hybridized carbons (Fsp3) is 0.562. The second-order valence-corrected chi connectivity index (χ2v) is 11.9. The maximum atomic E-state index is 13.5. The molecule has 0 spiro atoms. The Hall–Kier alpha value is -3.46. The molecule has 3 rings (SSSR count). The molecule has 224 valence electrons. The predicted octanol–water partition coefficient (Wildman–Crippen LogP) is 4.36. The standard InChI is InChI=1S/C32H42O9/c1-18-14-15-31(7,8)26(36)16-25(38-21(4)33)20(3)29(39-22(5)34)27-28(41-24-12-10-9-11-13-24)19(2)17-32(27,37)30(18)40-23(6)35/h9-15,18-19,25,27-30,37H,3,16-17H2,1-2,4-8H3/b15-14+/t18-,19+,25-,27-,28+,29-,30-,32-/m1/s1. The summed E-state index contributed by atoms with van der Waals surface area (Å²) in [6, 6.07) is 9.00. The van der Waals surface area contributed by atoms with E-state index in [-0.39, 0.29) is 30.1 Å². The van der Waals surface area contributed by atoms with Crippen molar-refractivity contribution in [1.29, 1.82) is 0 Å². The van der Waals surface area contributed by atoms with Gasteiger partial charge in [-0.15, -0.1) is 0 Å². The van der Waals surface area contributed by atoms with Crippen LogP contribution in [-0.4, -0.2) is 58.8 Å². The van der Waals surface area contributed by atoms with E-state index < -0.39 is 65.2 Å². The number of fused-ring (bicyclic) bond motifs is 1. The van der Waals surface area contributed by atoms with Crippen LogP contribution in [-0.2, 0) is 33.4 Å². The van der Waals surface area contributed by atoms with Crippen molar-refractivity contribution < 1.29 is 43.2 Å². The van der Waals surface area contributed by atoms with E-state index in [0.29, 0.717) is 5.75 Å². The molecule has 1 N–H and O–H groups in total. The van der Waals surface area contributed by atoms with Crippen LogP contribution >= 0.6 is 0 Å². The molecule has 0 heterocycles. The molecular weight excluding hydrogens is 528 g/mol. The van der Waals surface area contributed by atoms with Crippen LogP contribution in [0.25, 0.3) is 0 Å². The van der Waals surface area contributed by atoms with E-state index in [0.717, 1.165) is 0 Å². The van der Waals surface area contributed by atoms with Gasteiger partial charge in [0, 0.05) is 44.1 Å². The van der Waals surface area contributed by atoms with Gasteiger partial charge in [0.1, 0.15) is 41.5 Å². The first kappa shape index (κ1) is 32.1. The van der Waals surface area contributed by atoms with Gasteiger partial charge >= 0.3 is 17.9 Å². The van der Waals surface area contributed by atoms with Crippen LogP contribution in [0.1, 0.15) is 61.3 Å². The van der Waals surface area contributed by atoms with Gasteiger partial charge in [-0.05, 0) is 38.3 Å². The highest BCUT2D eigenvalue weighted by Crippen LogP contribution is 2.51. The Bertz CT molecular complexity index is 1190. The van der Waals surface area contributed by atoms with Crippen LogP contribution in [0.2, 0.25) is 0 Å². The summed E-state index contributed by atoms with van der Waals surface area (Å²) in [6.07, 6.45) is -0.888. The Morgan fingerprint density at radius 2 is 1.54 bits per heavy atom. The highest BCUT2D eigenvalue weighted by atomic mass is 16.6. The molecule has 1 aromatic carbocycles. The molecule has 0 radical (unpaired) electrons. The van der Waals surface area contributed by atoms with Crippen molar-refractivity contribution >= 4 is 23.7 Å². The van der Waals surface area contributed by atoms with Crippen LogP contribution < -0.4 is 4.74 Å². The molecule has 0 saturated heterocycles. The third-order valence-corrected chi connectivity index (χ3v) is 8.03. The summed E-state index contributed by atoms with van der Waals surface area (Å²) in [7, 11) is 0. The molecule has 8 atom stereocenters. The van der Waals surface area contributed by atoms with Crippen LogP contribution in [0, 0.1) is 23.2 Å². The number of esters is 3. The number of aliphatic hydroxyl groups is 1. The maximum absolute atomic E-state index is 13.5. The van der Waals surface area contributed by atoms with Crippen LogP contribution in [0.5, 0.6) is 5.75 Å². The molecule has 0 aliphatic heterocycles. The molecule has 2 aliphatic rings. The molecule has 1 fully saturated rings. The number of ketones is 1. The third kappa shape index (κ3) is 7.25. The van der Waals surface area contributed by atoms with Crippen LogP contribution in [0.15, 0.2) is 54.6 Å². The highest BCUT2D eigenvalue weighted by Gasteiger charge is 2.63. The summed E-state index contributed by atoms with van der Waals surface area (Å²) in [5.74, 6) is -3.51. The molecule has 0 amide bonds. The average molecular weight is 571 g/mol. The molecular formula is C32H42O9. The monoisotopic (exact) mass is 570 g/mol. The third-order valence-electron chi connectivity index (χ3n) is 8.03. The summed E-state index contributed by atoms with van der Waals surface area (Å²) in [6.45, 7) is 15.0. The first-order valence-corrected chi connectivity index (χ1v) is 13.9. The molecule has 9 nitrogen and oxygen atoms in total. The zero-order valence-electron chi connectivity index (χ0n) is 24.9. The largest absolute Gasteiger partial charge is 0.490 e. The molecule has 9 heteroatoms. The van der Waals surface area contributed by atoms with E-state index in [4.69, 9.17) is 18.9 Å². The van der Waals surface area contributed by atoms with Crippen molar-refractivity contribution in [3.8, 4) is 5.75 Å². The summed E-state index contributed by atoms with van der Waals surface area (Å²) in [5.41, 5.74) is -2.64. The highest BCUT2D eigenvalue weighted by molar-refractivity contribution is 5.87. The molecule has 2 aliphatic carbocycles. The Kier molecular flexibility index (Phi) is 9.85. The van der Waals surface area contributed by atoms with Crippen molar-refractivity contribution in [2.24, 2.45) is 23.2 Å². The molecule has 0 unspecified atom stereocenters. The lowest BCUT2D eigenvalue weighted by molar-refractivity contribution is -0.190. The van der Waals surface area contributed by atoms with Gasteiger partial charge in [-0.25, -0.2) is 0 Å². The number of para-hydroxylation sites is 1. The molecule has 0 bridgehead atoms. The number of Topliss-reactive ketones (excluding diaryl/α,β-unsaturated/α-hetero) is 1. The summed E-state index contributed by atoms with van der Waals surface area (Å²) >= 11 is 0. The minimum atomic E-state index is -1.77. The minimum Gasteiger partial charge on any atom is -0.490 e. The lowest BCUT2D eigenvalue weighted by Gasteiger charge is -2.44. The van der Waals surface area contributed by atoms with E-state index >= 15 is 0 Å². The maximum Gasteiger partial charge on any atom is 0.303 e. The number of benzene rings is 1. The van der Waals surface area contributed by atoms with Crippen molar-refractivity contribution in [3.63, 3.8) is 0 Å². The SMILES string of the molecule is C=C1[C@@H](OC(C)=O)[C@H]2[C@@H](Oc3ccccc3)[C@@H](C)C[C@]2(O)[C@H](OC(C)=O)[C@H](C)/C=C/C(C)(C)C(=O)C[C@H]1OC(C)=O.